The molecule has 4 heterocycles. The number of hydrogen-bond donors (Lipinski definition) is 3. The van der Waals surface area contributed by atoms with E-state index >= 15 is 0 Å². The van der Waals surface area contributed by atoms with Crippen molar-refractivity contribution in [1.29, 1.82) is 0 Å². The number of alkyl carbamates (subject to hydrolysis) is 1. The molecule has 4 N–H and O–H groups in total. The molecule has 432 valence electrons. The van der Waals surface area contributed by atoms with E-state index in [1.165, 1.54) is 24.3 Å². The molecule has 18 heteroatoms. The number of aromatic nitrogens is 2. The fraction of sp³-hybridized carbons (Fsp3) is 0.508. The molecule has 2 aromatic carbocycles. The average Bonchev–Trinajstić information content (AvgIpc) is 3.93. The van der Waals surface area contributed by atoms with Crippen molar-refractivity contribution in [3.8, 4) is 22.3 Å². The van der Waals surface area contributed by atoms with E-state index in [1.807, 2.05) is 68.5 Å². The first-order valence-electron chi connectivity index (χ1n) is 28.4. The lowest BCUT2D eigenvalue weighted by atomic mass is 9.54. The minimum absolute atomic E-state index is 0.00281. The van der Waals surface area contributed by atoms with E-state index < -0.39 is 59.1 Å². The maximum absolute atomic E-state index is 13.7. The highest BCUT2D eigenvalue weighted by molar-refractivity contribution is 5.88. The molecule has 0 bridgehead atoms. The summed E-state index contributed by atoms with van der Waals surface area (Å²) in [4.78, 5) is 74.2. The highest BCUT2D eigenvalue weighted by Crippen LogP contribution is 2.57. The zero-order chi connectivity index (χ0) is 58.0. The topological polar surface area (TPSA) is 219 Å². The maximum atomic E-state index is 13.7. The predicted molar refractivity (Wildman–Crippen MR) is 298 cm³/mol. The highest BCUT2D eigenvalue weighted by Gasteiger charge is 2.65. The molecule has 4 aromatic rings. The number of nitrogens with zero attached hydrogens (tertiary/aromatic N) is 3. The summed E-state index contributed by atoms with van der Waals surface area (Å²) in [6.45, 7) is 12.8. The molecule has 6 fully saturated rings. The van der Waals surface area contributed by atoms with Crippen molar-refractivity contribution in [2.24, 2.45) is 53.1 Å². The van der Waals surface area contributed by atoms with E-state index in [9.17, 15) is 37.9 Å². The van der Waals surface area contributed by atoms with E-state index in [1.54, 1.807) is 59.1 Å². The minimum Gasteiger partial charge on any atom is -0.461 e. The lowest BCUT2D eigenvalue weighted by Crippen LogP contribution is -2.61. The van der Waals surface area contributed by atoms with Crippen LogP contribution in [-0.2, 0) is 33.3 Å². The quantitative estimate of drug-likeness (QED) is 0.0994. The SMILES string of the molecule is CCOC(=O)N(C(=O)OC(C)(C)C)[C@@H]1CC[C@@H]2[C@@H](C1)C[C@@]1(O)C(=O)O[C@H](C)[C@H]1[C@H]2/C=C/c1ccc(-c2cccc(F)c2)cn1.CCOC(=O)N[C@@H]1CC[C@@H]2[C@@H](C1)C[C@@]1(N)C(=O)O[C@H](C)[C@H]1[C@H]2/C=C/c1ccc(-c2cccc(F)c2)cn1. The van der Waals surface area contributed by atoms with Crippen LogP contribution in [0, 0.1) is 59.0 Å². The molecule has 10 rings (SSSR count). The molecule has 16 nitrogen and oxygen atoms in total. The molecule has 3 amide bonds. The van der Waals surface area contributed by atoms with Crippen LogP contribution in [0.15, 0.2) is 97.3 Å². The Balaban J connectivity index is 0.000000198. The predicted octanol–water partition coefficient (Wildman–Crippen LogP) is 11.1. The van der Waals surface area contributed by atoms with Crippen molar-refractivity contribution >= 4 is 42.4 Å². The van der Waals surface area contributed by atoms with Crippen LogP contribution in [0.1, 0.15) is 111 Å². The number of halogens is 2. The Kier molecular flexibility index (Phi) is 17.5. The second-order valence-electron chi connectivity index (χ2n) is 23.7. The summed E-state index contributed by atoms with van der Waals surface area (Å²) in [5, 5.41) is 14.7. The number of cyclic esters (lactones) is 2. The van der Waals surface area contributed by atoms with Crippen LogP contribution < -0.4 is 11.1 Å². The number of benzene rings is 2. The number of aliphatic hydroxyl groups is 1. The second kappa shape index (κ2) is 24.2. The number of amides is 3. The van der Waals surface area contributed by atoms with Crippen LogP contribution in [0.3, 0.4) is 0 Å². The standard InChI is InChI=1S/C34H41FN2O7.C29H34FN3O4/c1-6-42-31(39)37(32(40)44-33(3,4)5)26-13-15-27-23(17-26)18-34(41)29(20(2)43-30(34)38)28(27)14-12-25-11-10-22(19-36-25)21-8-7-9-24(35)16-21;1-3-36-28(35)33-23-10-11-24-20(14-23)15-29(31)26(17(2)37-27(29)34)25(24)12-9-22-8-7-19(16-32-22)18-5-4-6-21(30)13-18/h7-12,14,16,19-20,23,26-29,41H,6,13,15,17-18H2,1-5H3;4-9,12-13,16-17,20,23-26H,3,10-11,14-15,31H2,1-2H3,(H,33,35)/b14-12+;12-9+/t20-,23+,26-,27-,28+,29+,34+;17-,20+,23-,24-,25+,26+,29+/m11/s1. The lowest BCUT2D eigenvalue weighted by Gasteiger charge is -2.51. The van der Waals surface area contributed by atoms with Gasteiger partial charge in [-0.2, -0.15) is 0 Å². The summed E-state index contributed by atoms with van der Waals surface area (Å²) < 4.78 is 54.4. The first kappa shape index (κ1) is 58.6. The number of nitrogens with two attached hydrogens (primary N) is 1. The zero-order valence-corrected chi connectivity index (χ0v) is 47.1. The van der Waals surface area contributed by atoms with Gasteiger partial charge in [-0.1, -0.05) is 48.6 Å². The molecule has 0 unspecified atom stereocenters. The van der Waals surface area contributed by atoms with Crippen molar-refractivity contribution in [3.05, 3.63) is 120 Å². The summed E-state index contributed by atoms with van der Waals surface area (Å²) >= 11 is 0. The van der Waals surface area contributed by atoms with Crippen molar-refractivity contribution in [1.82, 2.24) is 20.2 Å². The van der Waals surface area contributed by atoms with Gasteiger partial charge in [-0.15, -0.1) is 0 Å². The number of carbonyl (C=O) groups is 5. The van der Waals surface area contributed by atoms with Crippen LogP contribution in [0.5, 0.6) is 0 Å². The summed E-state index contributed by atoms with van der Waals surface area (Å²) in [5.41, 5.74) is 7.83. The third-order valence-corrected chi connectivity index (χ3v) is 17.4. The molecular weight excluding hydrogens is 1040 g/mol. The normalized spacial score (nSPS) is 31.2. The Bertz CT molecular complexity index is 3010. The third-order valence-electron chi connectivity index (χ3n) is 17.4. The van der Waals surface area contributed by atoms with Gasteiger partial charge in [-0.3, -0.25) is 14.8 Å². The number of fused-ring (bicyclic) bond motifs is 4. The molecule has 0 radical (unpaired) electrons. The summed E-state index contributed by atoms with van der Waals surface area (Å²) in [6.07, 6.45) is 13.6. The number of ether oxygens (including phenoxy) is 5. The fourth-order valence-electron chi connectivity index (χ4n) is 14.1. The largest absolute Gasteiger partial charge is 0.461 e. The first-order chi connectivity index (χ1) is 38.6. The highest BCUT2D eigenvalue weighted by atomic mass is 19.1. The number of esters is 2. The van der Waals surface area contributed by atoms with Gasteiger partial charge in [0.1, 0.15) is 35.0 Å². The third kappa shape index (κ3) is 12.7. The monoisotopic (exact) mass is 1120 g/mol. The number of hydrogen-bond acceptors (Lipinski definition) is 14. The Morgan fingerprint density at radius 3 is 1.81 bits per heavy atom. The van der Waals surface area contributed by atoms with Gasteiger partial charge in [0.05, 0.1) is 24.6 Å². The molecule has 4 aliphatic carbocycles. The van der Waals surface area contributed by atoms with Gasteiger partial charge in [0.25, 0.3) is 0 Å². The fourth-order valence-corrected chi connectivity index (χ4v) is 14.1. The van der Waals surface area contributed by atoms with E-state index in [0.29, 0.717) is 43.9 Å². The average molecular weight is 1120 g/mol. The molecular formula is C63H75F2N5O11. The number of allylic oxidation sites excluding steroid dienone is 2. The van der Waals surface area contributed by atoms with Gasteiger partial charge < -0.3 is 39.8 Å². The molecule has 6 aliphatic rings. The maximum Gasteiger partial charge on any atom is 0.420 e. The Labute approximate surface area is 472 Å². The van der Waals surface area contributed by atoms with Gasteiger partial charge in [-0.25, -0.2) is 32.9 Å². The van der Waals surface area contributed by atoms with E-state index in [0.717, 1.165) is 52.1 Å². The number of pyridine rings is 2. The molecule has 0 spiro atoms. The van der Waals surface area contributed by atoms with Crippen molar-refractivity contribution < 1.29 is 61.5 Å². The summed E-state index contributed by atoms with van der Waals surface area (Å²) in [6, 6.07) is 19.8. The van der Waals surface area contributed by atoms with Gasteiger partial charge in [0.2, 0.25) is 0 Å². The van der Waals surface area contributed by atoms with Crippen LogP contribution in [0.4, 0.5) is 23.2 Å². The van der Waals surface area contributed by atoms with Crippen molar-refractivity contribution in [2.75, 3.05) is 13.2 Å². The first-order valence-corrected chi connectivity index (χ1v) is 28.4. The lowest BCUT2D eigenvalue weighted by molar-refractivity contribution is -0.163. The minimum atomic E-state index is -1.69. The Hall–Kier alpha value is -7.05. The van der Waals surface area contributed by atoms with E-state index in [4.69, 9.17) is 29.4 Å². The van der Waals surface area contributed by atoms with E-state index in [2.05, 4.69) is 21.4 Å². The van der Waals surface area contributed by atoms with Gasteiger partial charge in [0, 0.05) is 47.4 Å². The molecule has 4 saturated carbocycles. The molecule has 81 heavy (non-hydrogen) atoms. The Morgan fingerprint density at radius 1 is 0.728 bits per heavy atom. The Morgan fingerprint density at radius 2 is 1.27 bits per heavy atom. The van der Waals surface area contributed by atoms with Crippen molar-refractivity contribution in [2.45, 2.75) is 141 Å². The number of carbonyl (C=O) groups excluding carboxylic acids is 5. The number of nitrogens with one attached hydrogen (secondary N) is 1. The van der Waals surface area contributed by atoms with Gasteiger partial charge >= 0.3 is 30.2 Å². The van der Waals surface area contributed by atoms with Gasteiger partial charge in [-0.05, 0) is 195 Å². The summed E-state index contributed by atoms with van der Waals surface area (Å²) in [5.74, 6) is -1.94. The van der Waals surface area contributed by atoms with Crippen LogP contribution in [-0.4, -0.2) is 104 Å². The number of rotatable bonds is 10. The van der Waals surface area contributed by atoms with Crippen LogP contribution in [0.25, 0.3) is 34.4 Å². The van der Waals surface area contributed by atoms with Crippen LogP contribution >= 0.6 is 0 Å². The molecule has 14 atom stereocenters. The van der Waals surface area contributed by atoms with Gasteiger partial charge in [0.15, 0.2) is 5.60 Å². The molecule has 2 aliphatic heterocycles. The molecule has 2 aromatic heterocycles. The van der Waals surface area contributed by atoms with Crippen molar-refractivity contribution in [3.63, 3.8) is 0 Å². The summed E-state index contributed by atoms with van der Waals surface area (Å²) in [7, 11) is 0. The number of imide groups is 1. The van der Waals surface area contributed by atoms with E-state index in [-0.39, 0.29) is 78.3 Å². The molecule has 2 saturated heterocycles. The smallest absolute Gasteiger partial charge is 0.420 e. The second-order valence-corrected chi connectivity index (χ2v) is 23.7. The zero-order valence-electron chi connectivity index (χ0n) is 47.1. The van der Waals surface area contributed by atoms with Crippen LogP contribution in [0.2, 0.25) is 0 Å².